The van der Waals surface area contributed by atoms with Crippen molar-refractivity contribution >= 4 is 37.3 Å². The average Bonchev–Trinajstić information content (AvgIpc) is 3.32. The molecule has 0 N–H and O–H groups in total. The van der Waals surface area contributed by atoms with Crippen molar-refractivity contribution in [2.45, 2.75) is 24.3 Å². The van der Waals surface area contributed by atoms with Gasteiger partial charge >= 0.3 is 4.87 Å². The van der Waals surface area contributed by atoms with Crippen LogP contribution in [0.4, 0.5) is 5.69 Å². The fourth-order valence-corrected chi connectivity index (χ4v) is 5.85. The van der Waals surface area contributed by atoms with Crippen LogP contribution in [0.25, 0.3) is 10.2 Å². The molecular formula is C20H23N3O3S2. The Kier molecular flexibility index (Phi) is 5.27. The van der Waals surface area contributed by atoms with Crippen molar-refractivity contribution in [2.75, 3.05) is 31.0 Å². The summed E-state index contributed by atoms with van der Waals surface area (Å²) < 4.78 is 29.7. The Morgan fingerprint density at radius 3 is 2.46 bits per heavy atom. The minimum atomic E-state index is -3.69. The topological polar surface area (TPSA) is 62.6 Å². The number of fused-ring (bicyclic) bond motifs is 1. The Labute approximate surface area is 168 Å². The maximum atomic E-state index is 13.0. The lowest BCUT2D eigenvalue weighted by molar-refractivity contribution is 0.323. The van der Waals surface area contributed by atoms with Gasteiger partial charge in [-0.3, -0.25) is 13.7 Å². The van der Waals surface area contributed by atoms with E-state index in [4.69, 9.17) is 0 Å². The van der Waals surface area contributed by atoms with Crippen LogP contribution in [-0.2, 0) is 16.6 Å². The third-order valence-electron chi connectivity index (χ3n) is 5.26. The molecule has 4 rings (SSSR count). The van der Waals surface area contributed by atoms with Crippen molar-refractivity contribution in [1.29, 1.82) is 0 Å². The molecule has 1 saturated heterocycles. The molecule has 148 valence electrons. The number of anilines is 1. The molecule has 28 heavy (non-hydrogen) atoms. The van der Waals surface area contributed by atoms with Crippen LogP contribution in [0.2, 0.25) is 0 Å². The summed E-state index contributed by atoms with van der Waals surface area (Å²) in [5, 5.41) is 0. The molecule has 2 heterocycles. The first-order chi connectivity index (χ1) is 13.5. The van der Waals surface area contributed by atoms with Gasteiger partial charge in [0.1, 0.15) is 0 Å². The lowest BCUT2D eigenvalue weighted by Gasteiger charge is -2.19. The Morgan fingerprint density at radius 2 is 1.75 bits per heavy atom. The predicted molar refractivity (Wildman–Crippen MR) is 114 cm³/mol. The third kappa shape index (κ3) is 3.59. The molecule has 0 aliphatic carbocycles. The molecule has 0 radical (unpaired) electrons. The second-order valence-corrected chi connectivity index (χ2v) is 9.97. The molecule has 8 heteroatoms. The number of nitrogens with zero attached hydrogens (tertiary/aromatic N) is 3. The molecular weight excluding hydrogens is 394 g/mol. The molecule has 2 aromatic carbocycles. The first-order valence-electron chi connectivity index (χ1n) is 9.36. The standard InChI is InChI=1S/C20H23N3O3S2/c1-21(16-7-3-2-4-8-16)28(25,26)17-9-10-18-19(15-17)27-20(24)23(18)14-13-22-11-5-6-12-22/h2-4,7-10,15H,5-6,11-14H2,1H3. The van der Waals surface area contributed by atoms with Crippen LogP contribution in [0.3, 0.4) is 0 Å². The van der Waals surface area contributed by atoms with Gasteiger partial charge in [-0.25, -0.2) is 8.42 Å². The molecule has 0 unspecified atom stereocenters. The highest BCUT2D eigenvalue weighted by Crippen LogP contribution is 2.26. The van der Waals surface area contributed by atoms with Gasteiger partial charge in [0.2, 0.25) is 0 Å². The normalized spacial score (nSPS) is 15.3. The quantitative estimate of drug-likeness (QED) is 0.619. The van der Waals surface area contributed by atoms with Gasteiger partial charge in [-0.05, 0) is 56.3 Å². The minimum Gasteiger partial charge on any atom is -0.302 e. The Morgan fingerprint density at radius 1 is 1.04 bits per heavy atom. The molecule has 3 aromatic rings. The molecule has 0 amide bonds. The van der Waals surface area contributed by atoms with Gasteiger partial charge in [-0.1, -0.05) is 29.5 Å². The summed E-state index contributed by atoms with van der Waals surface area (Å²) in [5.41, 5.74) is 1.40. The Hall–Kier alpha value is -2.16. The number of hydrogen-bond donors (Lipinski definition) is 0. The van der Waals surface area contributed by atoms with Crippen molar-refractivity contribution in [2.24, 2.45) is 0 Å². The predicted octanol–water partition coefficient (Wildman–Crippen LogP) is 2.98. The van der Waals surface area contributed by atoms with E-state index < -0.39 is 10.0 Å². The van der Waals surface area contributed by atoms with Crippen LogP contribution in [0.5, 0.6) is 0 Å². The van der Waals surface area contributed by atoms with Crippen molar-refractivity contribution in [3.8, 4) is 0 Å². The molecule has 0 atom stereocenters. The van der Waals surface area contributed by atoms with Crippen LogP contribution in [0, 0.1) is 0 Å². The number of hydrogen-bond acceptors (Lipinski definition) is 5. The second kappa shape index (κ2) is 7.69. The van der Waals surface area contributed by atoms with Crippen molar-refractivity contribution in [3.05, 3.63) is 58.2 Å². The molecule has 1 aliphatic rings. The van der Waals surface area contributed by atoms with E-state index in [2.05, 4.69) is 4.90 Å². The van der Waals surface area contributed by atoms with Gasteiger partial charge in [0, 0.05) is 20.1 Å². The molecule has 0 spiro atoms. The Balaban J connectivity index is 1.64. The molecule has 1 aromatic heterocycles. The van der Waals surface area contributed by atoms with Gasteiger partial charge in [0.05, 0.1) is 20.8 Å². The molecule has 0 bridgehead atoms. The highest BCUT2D eigenvalue weighted by Gasteiger charge is 2.22. The van der Waals surface area contributed by atoms with Gasteiger partial charge < -0.3 is 4.90 Å². The number of thiazole rings is 1. The first kappa shape index (κ1) is 19.2. The van der Waals surface area contributed by atoms with E-state index >= 15 is 0 Å². The Bertz CT molecular complexity index is 1130. The van der Waals surface area contributed by atoms with Crippen molar-refractivity contribution in [3.63, 3.8) is 0 Å². The smallest absolute Gasteiger partial charge is 0.302 e. The van der Waals surface area contributed by atoms with Crippen molar-refractivity contribution in [1.82, 2.24) is 9.47 Å². The zero-order valence-corrected chi connectivity index (χ0v) is 17.4. The highest BCUT2D eigenvalue weighted by atomic mass is 32.2. The number of benzene rings is 2. The average molecular weight is 418 g/mol. The summed E-state index contributed by atoms with van der Waals surface area (Å²) in [5.74, 6) is 0. The maximum Gasteiger partial charge on any atom is 0.308 e. The van der Waals surface area contributed by atoms with E-state index in [-0.39, 0.29) is 9.77 Å². The molecule has 6 nitrogen and oxygen atoms in total. The van der Waals surface area contributed by atoms with Gasteiger partial charge in [0.25, 0.3) is 10.0 Å². The van der Waals surface area contributed by atoms with Crippen LogP contribution in [-0.4, -0.2) is 44.6 Å². The van der Waals surface area contributed by atoms with Gasteiger partial charge in [-0.2, -0.15) is 0 Å². The number of sulfonamides is 1. The summed E-state index contributed by atoms with van der Waals surface area (Å²) in [7, 11) is -2.15. The van der Waals surface area contributed by atoms with E-state index in [1.165, 1.54) is 17.1 Å². The number of likely N-dealkylation sites (tertiary alicyclic amines) is 1. The van der Waals surface area contributed by atoms with E-state index in [0.29, 0.717) is 16.9 Å². The zero-order valence-electron chi connectivity index (χ0n) is 15.7. The van der Waals surface area contributed by atoms with E-state index in [1.807, 2.05) is 6.07 Å². The lowest BCUT2D eigenvalue weighted by atomic mass is 10.3. The van der Waals surface area contributed by atoms with E-state index in [1.54, 1.807) is 54.1 Å². The largest absolute Gasteiger partial charge is 0.308 e. The van der Waals surface area contributed by atoms with Crippen molar-refractivity contribution < 1.29 is 8.42 Å². The van der Waals surface area contributed by atoms with Crippen LogP contribution in [0.1, 0.15) is 12.8 Å². The fourth-order valence-electron chi connectivity index (χ4n) is 3.60. The summed E-state index contributed by atoms with van der Waals surface area (Å²) >= 11 is 1.10. The molecule has 1 aliphatic heterocycles. The van der Waals surface area contributed by atoms with Crippen LogP contribution < -0.4 is 9.18 Å². The number of aromatic nitrogens is 1. The van der Waals surface area contributed by atoms with Crippen LogP contribution in [0.15, 0.2) is 58.2 Å². The molecule has 0 saturated carbocycles. The summed E-state index contributed by atoms with van der Waals surface area (Å²) in [6, 6.07) is 13.9. The fraction of sp³-hybridized carbons (Fsp3) is 0.350. The zero-order chi connectivity index (χ0) is 19.7. The summed E-state index contributed by atoms with van der Waals surface area (Å²) in [6.45, 7) is 3.66. The SMILES string of the molecule is CN(c1ccccc1)S(=O)(=O)c1ccc2c(c1)sc(=O)n2CCN1CCCC1. The number of rotatable bonds is 6. The third-order valence-corrected chi connectivity index (χ3v) is 7.98. The maximum absolute atomic E-state index is 13.0. The van der Waals surface area contributed by atoms with Gasteiger partial charge in [0.15, 0.2) is 0 Å². The lowest BCUT2D eigenvalue weighted by Crippen LogP contribution is -2.27. The first-order valence-corrected chi connectivity index (χ1v) is 11.6. The summed E-state index contributed by atoms with van der Waals surface area (Å²) in [4.78, 5) is 15.0. The highest BCUT2D eigenvalue weighted by molar-refractivity contribution is 7.92. The van der Waals surface area contributed by atoms with Gasteiger partial charge in [-0.15, -0.1) is 0 Å². The number of para-hydroxylation sites is 1. The van der Waals surface area contributed by atoms with E-state index in [9.17, 15) is 13.2 Å². The molecule has 1 fully saturated rings. The van der Waals surface area contributed by atoms with E-state index in [0.717, 1.165) is 36.5 Å². The second-order valence-electron chi connectivity index (χ2n) is 7.01. The monoisotopic (exact) mass is 417 g/mol. The summed E-state index contributed by atoms with van der Waals surface area (Å²) in [6.07, 6.45) is 2.44. The van der Waals surface area contributed by atoms with Crippen LogP contribution >= 0.6 is 11.3 Å². The minimum absolute atomic E-state index is 0.0415.